The molecule has 6 heteroatoms. The smallest absolute Gasteiger partial charge is 0.260 e. The van der Waals surface area contributed by atoms with Crippen molar-refractivity contribution in [3.8, 4) is 11.8 Å². The van der Waals surface area contributed by atoms with Crippen LogP contribution in [-0.2, 0) is 9.53 Å². The van der Waals surface area contributed by atoms with Crippen LogP contribution in [0.25, 0.3) is 0 Å². The first-order valence-corrected chi connectivity index (χ1v) is 8.25. The number of nitriles is 1. The second-order valence-corrected chi connectivity index (χ2v) is 6.20. The number of likely N-dealkylation sites (N-methyl/N-ethyl adjacent to an activating group) is 1. The first-order chi connectivity index (χ1) is 11.6. The van der Waals surface area contributed by atoms with E-state index in [-0.39, 0.29) is 18.6 Å². The van der Waals surface area contributed by atoms with Crippen molar-refractivity contribution in [3.05, 3.63) is 29.8 Å². The van der Waals surface area contributed by atoms with Crippen molar-refractivity contribution in [2.75, 3.05) is 46.9 Å². The highest BCUT2D eigenvalue weighted by atomic mass is 16.5. The van der Waals surface area contributed by atoms with E-state index in [1.165, 1.54) is 0 Å². The van der Waals surface area contributed by atoms with Gasteiger partial charge >= 0.3 is 0 Å². The van der Waals surface area contributed by atoms with E-state index in [0.29, 0.717) is 24.4 Å². The monoisotopic (exact) mass is 331 g/mol. The number of amides is 1. The Morgan fingerprint density at radius 2 is 2.08 bits per heavy atom. The van der Waals surface area contributed by atoms with Crippen molar-refractivity contribution in [2.24, 2.45) is 0 Å². The molecule has 0 aromatic heterocycles. The molecule has 0 saturated carbocycles. The summed E-state index contributed by atoms with van der Waals surface area (Å²) in [6.45, 7) is 2.84. The van der Waals surface area contributed by atoms with E-state index in [0.717, 1.165) is 26.0 Å². The molecule has 1 heterocycles. The molecule has 130 valence electrons. The molecule has 1 amide bonds. The summed E-state index contributed by atoms with van der Waals surface area (Å²) in [5, 5.41) is 8.79. The van der Waals surface area contributed by atoms with E-state index in [4.69, 9.17) is 14.7 Å². The van der Waals surface area contributed by atoms with Crippen molar-refractivity contribution in [1.29, 1.82) is 5.26 Å². The Hall–Kier alpha value is -2.10. The molecule has 1 aromatic rings. The summed E-state index contributed by atoms with van der Waals surface area (Å²) < 4.78 is 11.2. The number of nitrogens with zero attached hydrogens (tertiary/aromatic N) is 3. The molecule has 0 bridgehead atoms. The topological polar surface area (TPSA) is 65.8 Å². The molecule has 2 rings (SSSR count). The molecular formula is C18H25N3O3. The van der Waals surface area contributed by atoms with Crippen LogP contribution in [0.2, 0.25) is 0 Å². The fourth-order valence-electron chi connectivity index (χ4n) is 2.53. The van der Waals surface area contributed by atoms with Gasteiger partial charge in [-0.05, 0) is 51.2 Å². The third kappa shape index (κ3) is 5.84. The van der Waals surface area contributed by atoms with Crippen LogP contribution in [0.3, 0.4) is 0 Å². The summed E-state index contributed by atoms with van der Waals surface area (Å²) in [6, 6.07) is 8.82. The minimum Gasteiger partial charge on any atom is -0.484 e. The molecule has 1 fully saturated rings. The van der Waals surface area contributed by atoms with E-state index < -0.39 is 0 Å². The molecule has 1 aliphatic rings. The Bertz CT molecular complexity index is 560. The molecule has 0 radical (unpaired) electrons. The Balaban J connectivity index is 1.88. The summed E-state index contributed by atoms with van der Waals surface area (Å²) in [4.78, 5) is 16.4. The van der Waals surface area contributed by atoms with Crippen LogP contribution in [-0.4, -0.2) is 68.8 Å². The molecular weight excluding hydrogens is 306 g/mol. The minimum absolute atomic E-state index is 0.00789. The van der Waals surface area contributed by atoms with Gasteiger partial charge < -0.3 is 19.3 Å². The number of rotatable bonds is 8. The van der Waals surface area contributed by atoms with Gasteiger partial charge in [-0.15, -0.1) is 0 Å². The number of benzene rings is 1. The molecule has 0 aliphatic carbocycles. The van der Waals surface area contributed by atoms with Gasteiger partial charge in [0, 0.05) is 26.2 Å². The zero-order chi connectivity index (χ0) is 17.4. The predicted molar refractivity (Wildman–Crippen MR) is 90.8 cm³/mol. The lowest BCUT2D eigenvalue weighted by Gasteiger charge is -2.26. The van der Waals surface area contributed by atoms with Crippen LogP contribution >= 0.6 is 0 Å². The summed E-state index contributed by atoms with van der Waals surface area (Å²) in [6.07, 6.45) is 2.19. The van der Waals surface area contributed by atoms with Gasteiger partial charge in [-0.2, -0.15) is 5.26 Å². The maximum absolute atomic E-state index is 12.5. The van der Waals surface area contributed by atoms with Crippen molar-refractivity contribution in [1.82, 2.24) is 9.80 Å². The summed E-state index contributed by atoms with van der Waals surface area (Å²) in [5.74, 6) is 0.545. The molecule has 0 spiro atoms. The molecule has 1 aromatic carbocycles. The van der Waals surface area contributed by atoms with Gasteiger partial charge in [0.25, 0.3) is 5.91 Å². The number of ether oxygens (including phenoxy) is 2. The summed E-state index contributed by atoms with van der Waals surface area (Å²) in [7, 11) is 3.98. The summed E-state index contributed by atoms with van der Waals surface area (Å²) >= 11 is 0. The molecule has 24 heavy (non-hydrogen) atoms. The lowest BCUT2D eigenvalue weighted by Crippen LogP contribution is -2.43. The predicted octanol–water partition coefficient (Wildman–Crippen LogP) is 1.51. The van der Waals surface area contributed by atoms with Crippen molar-refractivity contribution < 1.29 is 14.3 Å². The molecule has 1 unspecified atom stereocenters. The van der Waals surface area contributed by atoms with Gasteiger partial charge in [0.05, 0.1) is 17.7 Å². The quantitative estimate of drug-likeness (QED) is 0.722. The van der Waals surface area contributed by atoms with Crippen molar-refractivity contribution in [2.45, 2.75) is 18.9 Å². The van der Waals surface area contributed by atoms with Crippen molar-refractivity contribution in [3.63, 3.8) is 0 Å². The number of hydrogen-bond donors (Lipinski definition) is 0. The van der Waals surface area contributed by atoms with Crippen LogP contribution in [0, 0.1) is 11.3 Å². The van der Waals surface area contributed by atoms with Crippen molar-refractivity contribution >= 4 is 5.91 Å². The van der Waals surface area contributed by atoms with E-state index in [1.807, 2.05) is 19.0 Å². The summed E-state index contributed by atoms with van der Waals surface area (Å²) in [5.41, 5.74) is 0.569. The minimum atomic E-state index is -0.0447. The van der Waals surface area contributed by atoms with Crippen LogP contribution < -0.4 is 4.74 Å². The largest absolute Gasteiger partial charge is 0.484 e. The Morgan fingerprint density at radius 3 is 2.67 bits per heavy atom. The molecule has 1 aliphatic heterocycles. The van der Waals surface area contributed by atoms with Gasteiger partial charge in [0.15, 0.2) is 6.61 Å². The van der Waals surface area contributed by atoms with Crippen LogP contribution in [0.5, 0.6) is 5.75 Å². The van der Waals surface area contributed by atoms with Crippen LogP contribution in [0.1, 0.15) is 18.4 Å². The van der Waals surface area contributed by atoms with E-state index >= 15 is 0 Å². The molecule has 0 N–H and O–H groups in total. The SMILES string of the molecule is CN(C)CCN(CC1CCCO1)C(=O)COc1ccc(C#N)cc1. The van der Waals surface area contributed by atoms with Gasteiger partial charge in [0.1, 0.15) is 5.75 Å². The maximum atomic E-state index is 12.5. The van der Waals surface area contributed by atoms with Gasteiger partial charge in [-0.1, -0.05) is 0 Å². The molecule has 1 saturated heterocycles. The Morgan fingerprint density at radius 1 is 1.33 bits per heavy atom. The fraction of sp³-hybridized carbons (Fsp3) is 0.556. The lowest BCUT2D eigenvalue weighted by atomic mass is 10.2. The average Bonchev–Trinajstić information content (AvgIpc) is 3.09. The van der Waals surface area contributed by atoms with E-state index in [2.05, 4.69) is 11.0 Å². The second kappa shape index (κ2) is 9.26. The van der Waals surface area contributed by atoms with Gasteiger partial charge in [-0.3, -0.25) is 4.79 Å². The standard InChI is InChI=1S/C18H25N3O3/c1-20(2)9-10-21(13-17-4-3-11-23-17)18(22)14-24-16-7-5-15(12-19)6-8-16/h5-8,17H,3-4,9-11,13-14H2,1-2H3. The van der Waals surface area contributed by atoms with Crippen LogP contribution in [0.15, 0.2) is 24.3 Å². The number of carbonyl (C=O) groups is 1. The zero-order valence-electron chi connectivity index (χ0n) is 14.4. The highest BCUT2D eigenvalue weighted by Gasteiger charge is 2.22. The first kappa shape index (κ1) is 18.2. The van der Waals surface area contributed by atoms with Gasteiger partial charge in [0.2, 0.25) is 0 Å². The third-order valence-electron chi connectivity index (χ3n) is 3.96. The Labute approximate surface area is 143 Å². The number of hydrogen-bond acceptors (Lipinski definition) is 5. The highest BCUT2D eigenvalue weighted by molar-refractivity contribution is 5.77. The average molecular weight is 331 g/mol. The highest BCUT2D eigenvalue weighted by Crippen LogP contribution is 2.15. The maximum Gasteiger partial charge on any atom is 0.260 e. The Kier molecular flexibility index (Phi) is 7.04. The molecule has 1 atom stereocenters. The fourth-order valence-corrected chi connectivity index (χ4v) is 2.53. The van der Waals surface area contributed by atoms with E-state index in [9.17, 15) is 4.79 Å². The lowest BCUT2D eigenvalue weighted by molar-refractivity contribution is -0.135. The number of carbonyl (C=O) groups excluding carboxylic acids is 1. The van der Waals surface area contributed by atoms with Crippen LogP contribution in [0.4, 0.5) is 0 Å². The van der Waals surface area contributed by atoms with Gasteiger partial charge in [-0.25, -0.2) is 0 Å². The second-order valence-electron chi connectivity index (χ2n) is 6.20. The first-order valence-electron chi connectivity index (χ1n) is 8.25. The zero-order valence-corrected chi connectivity index (χ0v) is 14.4. The molecule has 6 nitrogen and oxygen atoms in total. The van der Waals surface area contributed by atoms with E-state index in [1.54, 1.807) is 24.3 Å². The third-order valence-corrected chi connectivity index (χ3v) is 3.96. The normalized spacial score (nSPS) is 16.8.